The molecule has 0 heterocycles. The predicted octanol–water partition coefficient (Wildman–Crippen LogP) is 3.12. The van der Waals surface area contributed by atoms with E-state index in [9.17, 15) is 5.11 Å². The summed E-state index contributed by atoms with van der Waals surface area (Å²) >= 11 is 0. The Labute approximate surface area is 76.2 Å². The maximum atomic E-state index is 9.70. The molecule has 1 aliphatic rings. The van der Waals surface area contributed by atoms with E-state index in [-0.39, 0.29) is 6.10 Å². The highest BCUT2D eigenvalue weighted by molar-refractivity contribution is 4.66. The fourth-order valence-electron chi connectivity index (χ4n) is 2.00. The van der Waals surface area contributed by atoms with E-state index in [1.54, 1.807) is 0 Å². The second-order valence-corrected chi connectivity index (χ2v) is 4.24. The molecule has 0 radical (unpaired) electrons. The van der Waals surface area contributed by atoms with Crippen LogP contribution in [0.25, 0.3) is 0 Å². The third-order valence-corrected chi connectivity index (χ3v) is 3.07. The van der Waals surface area contributed by atoms with Gasteiger partial charge in [0.25, 0.3) is 0 Å². The molecule has 1 heteroatoms. The standard InChI is InChI=1S/C11H22O/c1-10-8-6-4-2-3-5-7-9-11(10)12/h10-12H,2-9H2,1H3/t10-,11?/m0/s1. The summed E-state index contributed by atoms with van der Waals surface area (Å²) in [5, 5.41) is 9.70. The monoisotopic (exact) mass is 170 g/mol. The smallest absolute Gasteiger partial charge is 0.0565 e. The Morgan fingerprint density at radius 2 is 1.33 bits per heavy atom. The number of aliphatic hydroxyl groups excluding tert-OH is 1. The number of hydrogen-bond donors (Lipinski definition) is 1. The topological polar surface area (TPSA) is 20.2 Å². The van der Waals surface area contributed by atoms with Crippen LogP contribution in [0.5, 0.6) is 0 Å². The first-order chi connectivity index (χ1) is 5.80. The van der Waals surface area contributed by atoms with E-state index in [0.717, 1.165) is 6.42 Å². The Morgan fingerprint density at radius 3 is 2.00 bits per heavy atom. The van der Waals surface area contributed by atoms with Gasteiger partial charge in [-0.15, -0.1) is 0 Å². The van der Waals surface area contributed by atoms with Crippen LogP contribution in [0.4, 0.5) is 0 Å². The molecule has 12 heavy (non-hydrogen) atoms. The number of hydrogen-bond acceptors (Lipinski definition) is 1. The van der Waals surface area contributed by atoms with E-state index in [1.807, 2.05) is 0 Å². The van der Waals surface area contributed by atoms with Crippen LogP contribution in [0.1, 0.15) is 58.3 Å². The molecule has 1 unspecified atom stereocenters. The lowest BCUT2D eigenvalue weighted by Crippen LogP contribution is -2.17. The maximum Gasteiger partial charge on any atom is 0.0565 e. The molecule has 1 nitrogen and oxygen atoms in total. The van der Waals surface area contributed by atoms with Gasteiger partial charge in [-0.1, -0.05) is 45.4 Å². The molecule has 0 aliphatic heterocycles. The summed E-state index contributed by atoms with van der Waals surface area (Å²) in [5.41, 5.74) is 0. The maximum absolute atomic E-state index is 9.70. The lowest BCUT2D eigenvalue weighted by atomic mass is 9.91. The highest BCUT2D eigenvalue weighted by atomic mass is 16.3. The molecule has 2 atom stereocenters. The van der Waals surface area contributed by atoms with Gasteiger partial charge >= 0.3 is 0 Å². The molecule has 1 rings (SSSR count). The van der Waals surface area contributed by atoms with Crippen molar-refractivity contribution in [2.24, 2.45) is 5.92 Å². The van der Waals surface area contributed by atoms with Crippen molar-refractivity contribution in [3.05, 3.63) is 0 Å². The molecule has 0 aromatic rings. The van der Waals surface area contributed by atoms with Crippen molar-refractivity contribution >= 4 is 0 Å². The molecule has 1 aliphatic carbocycles. The van der Waals surface area contributed by atoms with Gasteiger partial charge in [0.1, 0.15) is 0 Å². The Balaban J connectivity index is 2.26. The molecule has 0 spiro atoms. The minimum Gasteiger partial charge on any atom is -0.393 e. The molecule has 72 valence electrons. The molecular formula is C11H22O. The van der Waals surface area contributed by atoms with Crippen molar-refractivity contribution in [1.29, 1.82) is 0 Å². The first-order valence-corrected chi connectivity index (χ1v) is 5.49. The van der Waals surface area contributed by atoms with E-state index in [0.29, 0.717) is 5.92 Å². The van der Waals surface area contributed by atoms with Crippen LogP contribution >= 0.6 is 0 Å². The van der Waals surface area contributed by atoms with Gasteiger partial charge in [0, 0.05) is 0 Å². The van der Waals surface area contributed by atoms with E-state index in [2.05, 4.69) is 6.92 Å². The van der Waals surface area contributed by atoms with Crippen LogP contribution in [0.2, 0.25) is 0 Å². The molecule has 1 fully saturated rings. The molecule has 1 saturated carbocycles. The van der Waals surface area contributed by atoms with Crippen molar-refractivity contribution in [1.82, 2.24) is 0 Å². The van der Waals surface area contributed by atoms with Gasteiger partial charge in [-0.2, -0.15) is 0 Å². The normalized spacial score (nSPS) is 34.5. The molecular weight excluding hydrogens is 148 g/mol. The lowest BCUT2D eigenvalue weighted by Gasteiger charge is -2.19. The van der Waals surface area contributed by atoms with Crippen molar-refractivity contribution < 1.29 is 5.11 Å². The second kappa shape index (κ2) is 5.58. The van der Waals surface area contributed by atoms with Crippen molar-refractivity contribution in [3.63, 3.8) is 0 Å². The third kappa shape index (κ3) is 3.57. The summed E-state index contributed by atoms with van der Waals surface area (Å²) in [4.78, 5) is 0. The molecule has 0 bridgehead atoms. The van der Waals surface area contributed by atoms with Gasteiger partial charge in [0.15, 0.2) is 0 Å². The van der Waals surface area contributed by atoms with Crippen molar-refractivity contribution in [2.75, 3.05) is 0 Å². The number of aliphatic hydroxyl groups is 1. The van der Waals surface area contributed by atoms with Crippen LogP contribution in [0.3, 0.4) is 0 Å². The zero-order valence-corrected chi connectivity index (χ0v) is 8.26. The first-order valence-electron chi connectivity index (χ1n) is 5.49. The molecule has 0 amide bonds. The van der Waals surface area contributed by atoms with Crippen LogP contribution in [0, 0.1) is 5.92 Å². The van der Waals surface area contributed by atoms with E-state index in [4.69, 9.17) is 0 Å². The predicted molar refractivity (Wildman–Crippen MR) is 52.1 cm³/mol. The Hall–Kier alpha value is -0.0400. The van der Waals surface area contributed by atoms with Crippen LogP contribution < -0.4 is 0 Å². The first kappa shape index (κ1) is 10.0. The number of rotatable bonds is 0. The summed E-state index contributed by atoms with van der Waals surface area (Å²) in [7, 11) is 0. The fraction of sp³-hybridized carbons (Fsp3) is 1.00. The summed E-state index contributed by atoms with van der Waals surface area (Å²) in [6.45, 7) is 2.19. The zero-order valence-electron chi connectivity index (χ0n) is 8.26. The minimum absolute atomic E-state index is 0.0249. The lowest BCUT2D eigenvalue weighted by molar-refractivity contribution is 0.0968. The molecule has 0 aromatic heterocycles. The summed E-state index contributed by atoms with van der Waals surface area (Å²) in [6, 6.07) is 0. The van der Waals surface area contributed by atoms with Crippen molar-refractivity contribution in [3.8, 4) is 0 Å². The summed E-state index contributed by atoms with van der Waals surface area (Å²) in [6.07, 6.45) is 10.2. The highest BCUT2D eigenvalue weighted by Gasteiger charge is 2.13. The Kier molecular flexibility index (Phi) is 4.67. The van der Waals surface area contributed by atoms with Crippen LogP contribution in [-0.2, 0) is 0 Å². The molecule has 1 N–H and O–H groups in total. The average molecular weight is 170 g/mol. The van der Waals surface area contributed by atoms with E-state index >= 15 is 0 Å². The van der Waals surface area contributed by atoms with Gasteiger partial charge in [0.2, 0.25) is 0 Å². The second-order valence-electron chi connectivity index (χ2n) is 4.24. The van der Waals surface area contributed by atoms with Gasteiger partial charge in [-0.25, -0.2) is 0 Å². The van der Waals surface area contributed by atoms with E-state index < -0.39 is 0 Å². The molecule has 0 aromatic carbocycles. The summed E-state index contributed by atoms with van der Waals surface area (Å²) in [5.74, 6) is 0.531. The average Bonchev–Trinajstić information content (AvgIpc) is 2.08. The quantitative estimate of drug-likeness (QED) is 0.592. The van der Waals surface area contributed by atoms with Crippen LogP contribution in [0.15, 0.2) is 0 Å². The highest BCUT2D eigenvalue weighted by Crippen LogP contribution is 2.21. The minimum atomic E-state index is -0.0249. The zero-order chi connectivity index (χ0) is 8.81. The largest absolute Gasteiger partial charge is 0.393 e. The fourth-order valence-corrected chi connectivity index (χ4v) is 2.00. The SMILES string of the molecule is C[C@H]1CCCCCCCCC1O. The van der Waals surface area contributed by atoms with Gasteiger partial charge < -0.3 is 5.11 Å². The molecule has 0 saturated heterocycles. The third-order valence-electron chi connectivity index (χ3n) is 3.07. The van der Waals surface area contributed by atoms with Crippen molar-refractivity contribution in [2.45, 2.75) is 64.4 Å². The van der Waals surface area contributed by atoms with Gasteiger partial charge in [-0.3, -0.25) is 0 Å². The Morgan fingerprint density at radius 1 is 0.833 bits per heavy atom. The summed E-state index contributed by atoms with van der Waals surface area (Å²) < 4.78 is 0. The van der Waals surface area contributed by atoms with Gasteiger partial charge in [0.05, 0.1) is 6.10 Å². The van der Waals surface area contributed by atoms with E-state index in [1.165, 1.54) is 44.9 Å². The van der Waals surface area contributed by atoms with Gasteiger partial charge in [-0.05, 0) is 18.8 Å². The van der Waals surface area contributed by atoms with Crippen LogP contribution in [-0.4, -0.2) is 11.2 Å². The Bertz CT molecular complexity index is 97.6.